The van der Waals surface area contributed by atoms with E-state index in [0.29, 0.717) is 0 Å². The standard InChI is InChI=1S/C45H33OP/c1-45(2)41-21-10-11-22-43(41)47(46,34-15-4-3-5-16-34)44-26-24-33(29-42(44)45)31-14-12-13-30(27-31)32-23-25-39-37-19-7-6-17-35(37)36-18-8-9-20-38(36)40(39)28-32/h3-29H,1-2H3. The minimum atomic E-state index is -3.06. The van der Waals surface area contributed by atoms with Gasteiger partial charge in [-0.15, -0.1) is 0 Å². The van der Waals surface area contributed by atoms with Gasteiger partial charge in [0.1, 0.15) is 0 Å². The maximum atomic E-state index is 15.3. The van der Waals surface area contributed by atoms with E-state index < -0.39 is 7.14 Å². The summed E-state index contributed by atoms with van der Waals surface area (Å²) in [5.41, 5.74) is 6.63. The second-order valence-electron chi connectivity index (χ2n) is 13.3. The summed E-state index contributed by atoms with van der Waals surface area (Å²) in [4.78, 5) is 0. The van der Waals surface area contributed by atoms with E-state index in [9.17, 15) is 0 Å². The molecule has 1 unspecified atom stereocenters. The summed E-state index contributed by atoms with van der Waals surface area (Å²) in [6.45, 7) is 4.53. The molecular formula is C45H33OP. The van der Waals surface area contributed by atoms with Crippen molar-refractivity contribution in [2.24, 2.45) is 0 Å². The molecule has 0 spiro atoms. The lowest BCUT2D eigenvalue weighted by Gasteiger charge is -2.39. The fourth-order valence-corrected chi connectivity index (χ4v) is 11.3. The quantitative estimate of drug-likeness (QED) is 0.142. The van der Waals surface area contributed by atoms with Crippen molar-refractivity contribution in [2.45, 2.75) is 19.3 Å². The SMILES string of the molecule is CC1(C)c2ccccc2P(=O)(c2ccccc2)c2ccc(-c3cccc(-c4ccc5c6ccccc6c6ccccc6c5c4)c3)cc21. The molecule has 8 aromatic carbocycles. The number of hydrogen-bond donors (Lipinski definition) is 0. The molecule has 2 heteroatoms. The van der Waals surface area contributed by atoms with Crippen molar-refractivity contribution in [2.75, 3.05) is 0 Å². The number of rotatable bonds is 3. The van der Waals surface area contributed by atoms with Gasteiger partial charge in [0.15, 0.2) is 7.14 Å². The van der Waals surface area contributed by atoms with Gasteiger partial charge in [-0.05, 0) is 90.0 Å². The highest BCUT2D eigenvalue weighted by Gasteiger charge is 2.44. The van der Waals surface area contributed by atoms with Gasteiger partial charge in [-0.2, -0.15) is 0 Å². The summed E-state index contributed by atoms with van der Waals surface area (Å²) in [5, 5.41) is 10.5. The molecule has 8 aromatic rings. The molecule has 224 valence electrons. The Kier molecular flexibility index (Phi) is 6.20. The molecule has 0 amide bonds. The molecule has 0 aliphatic carbocycles. The van der Waals surface area contributed by atoms with Crippen molar-refractivity contribution in [1.29, 1.82) is 0 Å². The highest BCUT2D eigenvalue weighted by atomic mass is 31.2. The third kappa shape index (κ3) is 4.13. The summed E-state index contributed by atoms with van der Waals surface area (Å²) in [7, 11) is -3.06. The lowest BCUT2D eigenvalue weighted by Crippen LogP contribution is -2.42. The molecule has 1 atom stereocenters. The van der Waals surface area contributed by atoms with Gasteiger partial charge >= 0.3 is 0 Å². The molecule has 0 saturated heterocycles. The largest absolute Gasteiger partial charge is 0.309 e. The maximum Gasteiger partial charge on any atom is 0.171 e. The molecule has 0 radical (unpaired) electrons. The summed E-state index contributed by atoms with van der Waals surface area (Å²) in [6, 6.07) is 58.1. The first-order valence-corrected chi connectivity index (χ1v) is 18.0. The van der Waals surface area contributed by atoms with Crippen LogP contribution in [0.15, 0.2) is 164 Å². The van der Waals surface area contributed by atoms with E-state index in [0.717, 1.165) is 38.2 Å². The van der Waals surface area contributed by atoms with Crippen LogP contribution in [0.3, 0.4) is 0 Å². The second-order valence-corrected chi connectivity index (χ2v) is 15.9. The van der Waals surface area contributed by atoms with Crippen molar-refractivity contribution in [3.63, 3.8) is 0 Å². The van der Waals surface area contributed by atoms with Gasteiger partial charge in [0.25, 0.3) is 0 Å². The van der Waals surface area contributed by atoms with Crippen molar-refractivity contribution < 1.29 is 4.57 Å². The molecule has 1 heterocycles. The van der Waals surface area contributed by atoms with Crippen molar-refractivity contribution >= 4 is 55.4 Å². The molecule has 1 nitrogen and oxygen atoms in total. The monoisotopic (exact) mass is 620 g/mol. The Bertz CT molecular complexity index is 2540. The molecule has 0 aromatic heterocycles. The van der Waals surface area contributed by atoms with Crippen LogP contribution in [0.5, 0.6) is 0 Å². The third-order valence-corrected chi connectivity index (χ3v) is 13.5. The number of benzene rings is 8. The summed E-state index contributed by atoms with van der Waals surface area (Å²) in [5.74, 6) is 0. The van der Waals surface area contributed by atoms with Crippen LogP contribution < -0.4 is 15.9 Å². The first kappa shape index (κ1) is 28.0. The first-order chi connectivity index (χ1) is 22.9. The van der Waals surface area contributed by atoms with Crippen LogP contribution in [-0.2, 0) is 9.98 Å². The minimum absolute atomic E-state index is 0.301. The van der Waals surface area contributed by atoms with Crippen LogP contribution in [0.1, 0.15) is 25.0 Å². The number of fused-ring (bicyclic) bond motifs is 8. The normalized spacial score (nSPS) is 16.6. The molecular weight excluding hydrogens is 587 g/mol. The van der Waals surface area contributed by atoms with Gasteiger partial charge in [0, 0.05) is 21.3 Å². The van der Waals surface area contributed by atoms with Gasteiger partial charge < -0.3 is 4.57 Å². The zero-order chi connectivity index (χ0) is 31.8. The molecule has 0 N–H and O–H groups in total. The maximum absolute atomic E-state index is 15.3. The third-order valence-electron chi connectivity index (χ3n) is 10.3. The van der Waals surface area contributed by atoms with E-state index in [1.54, 1.807) is 0 Å². The molecule has 47 heavy (non-hydrogen) atoms. The lowest BCUT2D eigenvalue weighted by atomic mass is 9.77. The highest BCUT2D eigenvalue weighted by molar-refractivity contribution is 7.85. The molecule has 0 bridgehead atoms. The predicted octanol–water partition coefficient (Wildman–Crippen LogP) is 10.8. The van der Waals surface area contributed by atoms with Gasteiger partial charge in [-0.3, -0.25) is 0 Å². The zero-order valence-electron chi connectivity index (χ0n) is 26.4. The van der Waals surface area contributed by atoms with E-state index in [1.165, 1.54) is 43.4 Å². The number of hydrogen-bond acceptors (Lipinski definition) is 1. The zero-order valence-corrected chi connectivity index (χ0v) is 27.3. The summed E-state index contributed by atoms with van der Waals surface area (Å²) in [6.07, 6.45) is 0. The minimum Gasteiger partial charge on any atom is -0.309 e. The van der Waals surface area contributed by atoms with E-state index in [-0.39, 0.29) is 5.41 Å². The topological polar surface area (TPSA) is 17.1 Å². The van der Waals surface area contributed by atoms with Crippen LogP contribution in [0.25, 0.3) is 54.6 Å². The molecule has 1 aliphatic heterocycles. The van der Waals surface area contributed by atoms with Crippen LogP contribution in [0.4, 0.5) is 0 Å². The van der Waals surface area contributed by atoms with Crippen LogP contribution in [0.2, 0.25) is 0 Å². The van der Waals surface area contributed by atoms with Gasteiger partial charge in [-0.25, -0.2) is 0 Å². The van der Waals surface area contributed by atoms with Crippen molar-refractivity contribution in [1.82, 2.24) is 0 Å². The summed E-state index contributed by atoms with van der Waals surface area (Å²) < 4.78 is 15.3. The fourth-order valence-electron chi connectivity index (χ4n) is 7.92. The Balaban J connectivity index is 1.20. The average molecular weight is 621 g/mol. The Labute approximate surface area is 275 Å². The van der Waals surface area contributed by atoms with Crippen LogP contribution in [0, 0.1) is 0 Å². The second kappa shape index (κ2) is 10.4. The highest BCUT2D eigenvalue weighted by Crippen LogP contribution is 2.53. The first-order valence-electron chi connectivity index (χ1n) is 16.3. The Morgan fingerprint density at radius 3 is 1.55 bits per heavy atom. The Morgan fingerprint density at radius 2 is 0.872 bits per heavy atom. The van der Waals surface area contributed by atoms with Gasteiger partial charge in [-0.1, -0.05) is 153 Å². The molecule has 1 aliphatic rings. The smallest absolute Gasteiger partial charge is 0.171 e. The Morgan fingerprint density at radius 1 is 0.383 bits per heavy atom. The Hall–Kier alpha value is -5.23. The van der Waals surface area contributed by atoms with E-state index in [2.05, 4.69) is 141 Å². The molecule has 9 rings (SSSR count). The van der Waals surface area contributed by atoms with Crippen LogP contribution in [-0.4, -0.2) is 0 Å². The van der Waals surface area contributed by atoms with Crippen molar-refractivity contribution in [3.8, 4) is 22.3 Å². The predicted molar refractivity (Wildman–Crippen MR) is 201 cm³/mol. The van der Waals surface area contributed by atoms with Gasteiger partial charge in [0.2, 0.25) is 0 Å². The molecule has 0 fully saturated rings. The fraction of sp³-hybridized carbons (Fsp3) is 0.0667. The van der Waals surface area contributed by atoms with Gasteiger partial charge in [0.05, 0.1) is 0 Å². The summed E-state index contributed by atoms with van der Waals surface area (Å²) >= 11 is 0. The van der Waals surface area contributed by atoms with E-state index >= 15 is 4.57 Å². The molecule has 0 saturated carbocycles. The van der Waals surface area contributed by atoms with Crippen LogP contribution >= 0.6 is 7.14 Å². The van der Waals surface area contributed by atoms with E-state index in [1.807, 2.05) is 36.4 Å². The lowest BCUT2D eigenvalue weighted by molar-refractivity contribution is 0.586. The van der Waals surface area contributed by atoms with Crippen molar-refractivity contribution in [3.05, 3.63) is 175 Å². The average Bonchev–Trinajstić information content (AvgIpc) is 3.14. The van der Waals surface area contributed by atoms with E-state index in [4.69, 9.17) is 0 Å².